The van der Waals surface area contributed by atoms with E-state index in [1.165, 1.54) is 23.9 Å². The Labute approximate surface area is 162 Å². The molecule has 1 saturated heterocycles. The van der Waals surface area contributed by atoms with Crippen LogP contribution in [-0.4, -0.2) is 66.9 Å². The molecular weight excluding hydrogens is 394 g/mol. The lowest BCUT2D eigenvalue weighted by Gasteiger charge is -2.22. The highest BCUT2D eigenvalue weighted by molar-refractivity contribution is 7.89. The molecule has 1 aromatic heterocycles. The molecule has 1 aliphatic heterocycles. The van der Waals surface area contributed by atoms with Crippen molar-refractivity contribution in [3.63, 3.8) is 0 Å². The van der Waals surface area contributed by atoms with Crippen molar-refractivity contribution in [1.82, 2.24) is 19.2 Å². The van der Waals surface area contributed by atoms with Crippen molar-refractivity contribution in [2.45, 2.75) is 11.4 Å². The number of aromatic nitrogens is 2. The SMILES string of the molecule is COc1ccc(Cl)cc1NC(=O)N1CCCN(S(=O)(=O)c2cnc[nH]2)CC1. The van der Waals surface area contributed by atoms with E-state index in [1.807, 2.05) is 0 Å². The normalized spacial score (nSPS) is 16.0. The molecule has 27 heavy (non-hydrogen) atoms. The Morgan fingerprint density at radius 3 is 2.81 bits per heavy atom. The van der Waals surface area contributed by atoms with Crippen molar-refractivity contribution in [1.29, 1.82) is 0 Å². The number of anilines is 1. The number of hydrogen-bond donors (Lipinski definition) is 2. The summed E-state index contributed by atoms with van der Waals surface area (Å²) in [6.45, 7) is 1.22. The van der Waals surface area contributed by atoms with Gasteiger partial charge in [-0.15, -0.1) is 0 Å². The lowest BCUT2D eigenvalue weighted by atomic mass is 10.3. The lowest BCUT2D eigenvalue weighted by molar-refractivity contribution is 0.214. The van der Waals surface area contributed by atoms with E-state index in [4.69, 9.17) is 16.3 Å². The zero-order valence-corrected chi connectivity index (χ0v) is 16.3. The maximum atomic E-state index is 12.6. The Balaban J connectivity index is 1.68. The van der Waals surface area contributed by atoms with Gasteiger partial charge in [0.25, 0.3) is 10.0 Å². The Bertz CT molecular complexity index is 904. The third kappa shape index (κ3) is 4.34. The lowest BCUT2D eigenvalue weighted by Crippen LogP contribution is -2.39. The summed E-state index contributed by atoms with van der Waals surface area (Å²) in [6.07, 6.45) is 3.12. The van der Waals surface area contributed by atoms with Crippen molar-refractivity contribution in [3.05, 3.63) is 35.7 Å². The van der Waals surface area contributed by atoms with Crippen LogP contribution in [0.5, 0.6) is 5.75 Å². The number of carbonyl (C=O) groups is 1. The first kappa shape index (κ1) is 19.5. The molecule has 2 heterocycles. The molecule has 146 valence electrons. The summed E-state index contributed by atoms with van der Waals surface area (Å²) in [6, 6.07) is 4.60. The van der Waals surface area contributed by atoms with Crippen LogP contribution in [0.15, 0.2) is 35.7 Å². The minimum absolute atomic E-state index is 0.0454. The average molecular weight is 414 g/mol. The van der Waals surface area contributed by atoms with Crippen molar-refractivity contribution < 1.29 is 17.9 Å². The van der Waals surface area contributed by atoms with E-state index < -0.39 is 10.0 Å². The first-order valence-corrected chi connectivity index (χ1v) is 10.1. The number of carbonyl (C=O) groups excluding carboxylic acids is 1. The molecule has 1 aromatic carbocycles. The van der Waals surface area contributed by atoms with Gasteiger partial charge in [0, 0.05) is 31.2 Å². The van der Waals surface area contributed by atoms with Crippen molar-refractivity contribution in [2.75, 3.05) is 38.6 Å². The number of nitrogens with zero attached hydrogens (tertiary/aromatic N) is 3. The molecule has 0 spiro atoms. The summed E-state index contributed by atoms with van der Waals surface area (Å²) >= 11 is 5.99. The minimum Gasteiger partial charge on any atom is -0.495 e. The van der Waals surface area contributed by atoms with Gasteiger partial charge in [-0.25, -0.2) is 18.2 Å². The van der Waals surface area contributed by atoms with Gasteiger partial charge < -0.3 is 19.9 Å². The molecule has 0 bridgehead atoms. The first-order chi connectivity index (χ1) is 12.9. The number of halogens is 1. The van der Waals surface area contributed by atoms with Gasteiger partial charge in [0.2, 0.25) is 0 Å². The first-order valence-electron chi connectivity index (χ1n) is 8.30. The number of imidazole rings is 1. The zero-order chi connectivity index (χ0) is 19.4. The van der Waals surface area contributed by atoms with Gasteiger partial charge in [-0.3, -0.25) is 0 Å². The molecule has 3 rings (SSSR count). The molecule has 0 unspecified atom stereocenters. The van der Waals surface area contributed by atoms with Crippen LogP contribution < -0.4 is 10.1 Å². The van der Waals surface area contributed by atoms with Gasteiger partial charge in [0.05, 0.1) is 25.3 Å². The predicted molar refractivity (Wildman–Crippen MR) is 101 cm³/mol. The highest BCUT2D eigenvalue weighted by Gasteiger charge is 2.29. The summed E-state index contributed by atoms with van der Waals surface area (Å²) in [5.74, 6) is 0.492. The number of aromatic amines is 1. The molecule has 9 nitrogen and oxygen atoms in total. The molecule has 0 saturated carbocycles. The Kier molecular flexibility index (Phi) is 5.88. The number of urea groups is 1. The summed E-state index contributed by atoms with van der Waals surface area (Å²) in [5, 5.41) is 3.29. The number of rotatable bonds is 4. The number of sulfonamides is 1. The van der Waals surface area contributed by atoms with Gasteiger partial charge in [-0.2, -0.15) is 4.31 Å². The molecule has 2 aromatic rings. The van der Waals surface area contributed by atoms with Crippen LogP contribution in [-0.2, 0) is 10.0 Å². The smallest absolute Gasteiger partial charge is 0.321 e. The Morgan fingerprint density at radius 2 is 2.11 bits per heavy atom. The van der Waals surface area contributed by atoms with Crippen LogP contribution in [0, 0.1) is 0 Å². The number of ether oxygens (including phenoxy) is 1. The molecular formula is C16H20ClN5O4S. The Hall–Kier alpha value is -2.30. The van der Waals surface area contributed by atoms with Crippen LogP contribution in [0.1, 0.15) is 6.42 Å². The summed E-state index contributed by atoms with van der Waals surface area (Å²) in [7, 11) is -2.14. The maximum Gasteiger partial charge on any atom is 0.321 e. The molecule has 11 heteroatoms. The van der Waals surface area contributed by atoms with E-state index in [0.717, 1.165) is 0 Å². The van der Waals surface area contributed by atoms with Gasteiger partial charge in [0.1, 0.15) is 5.75 Å². The molecule has 0 aliphatic carbocycles. The topological polar surface area (TPSA) is 108 Å². The van der Waals surface area contributed by atoms with E-state index in [9.17, 15) is 13.2 Å². The fourth-order valence-electron chi connectivity index (χ4n) is 2.83. The second kappa shape index (κ2) is 8.15. The maximum absolute atomic E-state index is 12.6. The van der Waals surface area contributed by atoms with Gasteiger partial charge in [0.15, 0.2) is 5.03 Å². The Morgan fingerprint density at radius 1 is 1.30 bits per heavy atom. The largest absolute Gasteiger partial charge is 0.495 e. The molecule has 1 fully saturated rings. The minimum atomic E-state index is -3.65. The zero-order valence-electron chi connectivity index (χ0n) is 14.7. The quantitative estimate of drug-likeness (QED) is 0.797. The van der Waals surface area contributed by atoms with Crippen molar-refractivity contribution >= 4 is 33.3 Å². The second-order valence-corrected chi connectivity index (χ2v) is 8.28. The fraction of sp³-hybridized carbons (Fsp3) is 0.375. The number of benzene rings is 1. The number of amides is 2. The van der Waals surface area contributed by atoms with E-state index in [-0.39, 0.29) is 24.1 Å². The highest BCUT2D eigenvalue weighted by atomic mass is 35.5. The average Bonchev–Trinajstić information content (AvgIpc) is 3.07. The summed E-state index contributed by atoms with van der Waals surface area (Å²) in [4.78, 5) is 20.6. The molecule has 1 aliphatic rings. The van der Waals surface area contributed by atoms with Gasteiger partial charge in [-0.1, -0.05) is 11.6 Å². The number of nitrogens with one attached hydrogen (secondary N) is 2. The van der Waals surface area contributed by atoms with Crippen molar-refractivity contribution in [2.24, 2.45) is 0 Å². The number of hydrogen-bond acceptors (Lipinski definition) is 5. The number of methoxy groups -OCH3 is 1. The van der Waals surface area contributed by atoms with Crippen LogP contribution in [0.4, 0.5) is 10.5 Å². The van der Waals surface area contributed by atoms with E-state index in [0.29, 0.717) is 36.0 Å². The van der Waals surface area contributed by atoms with E-state index in [1.54, 1.807) is 23.1 Å². The third-order valence-electron chi connectivity index (χ3n) is 4.24. The standard InChI is InChI=1S/C16H20ClN5O4S/c1-26-14-4-3-12(17)9-13(14)20-16(23)21-5-2-6-22(8-7-21)27(24,25)15-10-18-11-19-15/h3-4,9-11H,2,5-8H2,1H3,(H,18,19)(H,20,23). The predicted octanol–water partition coefficient (Wildman–Crippen LogP) is 2.00. The van der Waals surface area contributed by atoms with E-state index in [2.05, 4.69) is 15.3 Å². The van der Waals surface area contributed by atoms with Gasteiger partial charge in [-0.05, 0) is 24.6 Å². The summed E-state index contributed by atoms with van der Waals surface area (Å²) in [5.41, 5.74) is 0.459. The molecule has 2 N–H and O–H groups in total. The van der Waals surface area contributed by atoms with Crippen molar-refractivity contribution in [3.8, 4) is 5.75 Å². The monoisotopic (exact) mass is 413 g/mol. The molecule has 0 atom stereocenters. The van der Waals surface area contributed by atoms with E-state index >= 15 is 0 Å². The summed E-state index contributed by atoms with van der Waals surface area (Å²) < 4.78 is 31.8. The highest BCUT2D eigenvalue weighted by Crippen LogP contribution is 2.28. The third-order valence-corrected chi connectivity index (χ3v) is 6.30. The van der Waals surface area contributed by atoms with Crippen LogP contribution in [0.3, 0.4) is 0 Å². The molecule has 2 amide bonds. The van der Waals surface area contributed by atoms with Gasteiger partial charge >= 0.3 is 6.03 Å². The number of H-pyrrole nitrogens is 1. The van der Waals surface area contributed by atoms with Crippen LogP contribution in [0.25, 0.3) is 0 Å². The fourth-order valence-corrected chi connectivity index (χ4v) is 4.37. The molecule has 0 radical (unpaired) electrons. The van der Waals surface area contributed by atoms with Crippen LogP contribution in [0.2, 0.25) is 5.02 Å². The second-order valence-electron chi connectivity index (χ2n) is 5.94. The van der Waals surface area contributed by atoms with Crippen LogP contribution >= 0.6 is 11.6 Å².